The summed E-state index contributed by atoms with van der Waals surface area (Å²) in [6.45, 7) is 0.120. The third-order valence-corrected chi connectivity index (χ3v) is 3.40. The highest BCUT2D eigenvalue weighted by Gasteiger charge is 2.26. The van der Waals surface area contributed by atoms with Crippen LogP contribution in [0.3, 0.4) is 0 Å². The maximum Gasteiger partial charge on any atom is 0.282 e. The summed E-state index contributed by atoms with van der Waals surface area (Å²) in [5.41, 5.74) is -0.248. The molecule has 1 amide bonds. The molecule has 0 bridgehead atoms. The lowest BCUT2D eigenvalue weighted by Gasteiger charge is -2.20. The fourth-order valence-electron chi connectivity index (χ4n) is 2.29. The number of nitro groups is 1. The van der Waals surface area contributed by atoms with Gasteiger partial charge in [-0.3, -0.25) is 19.8 Å². The van der Waals surface area contributed by atoms with Crippen LogP contribution in [0.1, 0.15) is 16.1 Å². The average molecular weight is 323 g/mol. The van der Waals surface area contributed by atoms with E-state index in [0.717, 1.165) is 0 Å². The van der Waals surface area contributed by atoms with E-state index in [0.29, 0.717) is 11.6 Å². The van der Waals surface area contributed by atoms with Crippen molar-refractivity contribution in [1.82, 2.24) is 4.98 Å². The summed E-state index contributed by atoms with van der Waals surface area (Å²) in [4.78, 5) is 29.1. The molecule has 0 aliphatic carbocycles. The molecule has 24 heavy (non-hydrogen) atoms. The van der Waals surface area contributed by atoms with Crippen molar-refractivity contribution >= 4 is 17.4 Å². The molecule has 0 saturated carbocycles. The van der Waals surface area contributed by atoms with Crippen LogP contribution in [0, 0.1) is 10.1 Å². The molecule has 7 heteroatoms. The number of aromatic nitrogens is 1. The van der Waals surface area contributed by atoms with Crippen LogP contribution < -0.4 is 4.90 Å². The third-order valence-electron chi connectivity index (χ3n) is 3.40. The van der Waals surface area contributed by atoms with Gasteiger partial charge < -0.3 is 4.42 Å². The number of amides is 1. The molecule has 0 N–H and O–H groups in total. The standard InChI is InChI=1S/C17H13N3O4/c21-17(14-7-1-2-8-15(14)20(22)23)19(12-13-6-5-11-24-13)16-9-3-4-10-18-16/h1-11H,12H2. The molecule has 0 spiro atoms. The molecule has 0 fully saturated rings. The van der Waals surface area contributed by atoms with Gasteiger partial charge in [-0.1, -0.05) is 18.2 Å². The van der Waals surface area contributed by atoms with E-state index in [1.165, 1.54) is 29.4 Å². The second-order valence-corrected chi connectivity index (χ2v) is 4.93. The van der Waals surface area contributed by atoms with Crippen LogP contribution in [0.2, 0.25) is 0 Å². The van der Waals surface area contributed by atoms with Crippen LogP contribution in [-0.2, 0) is 6.54 Å². The minimum Gasteiger partial charge on any atom is -0.467 e. The summed E-state index contributed by atoms with van der Waals surface area (Å²) in [5.74, 6) is 0.419. The van der Waals surface area contributed by atoms with Gasteiger partial charge >= 0.3 is 0 Å². The Morgan fingerprint density at radius 2 is 1.92 bits per heavy atom. The number of anilines is 1. The highest BCUT2D eigenvalue weighted by atomic mass is 16.6. The number of carbonyl (C=O) groups excluding carboxylic acids is 1. The Morgan fingerprint density at radius 3 is 2.58 bits per heavy atom. The van der Waals surface area contributed by atoms with E-state index in [1.807, 2.05) is 0 Å². The van der Waals surface area contributed by atoms with Gasteiger partial charge in [-0.25, -0.2) is 4.98 Å². The first kappa shape index (κ1) is 15.4. The van der Waals surface area contributed by atoms with Crippen LogP contribution in [0.15, 0.2) is 71.5 Å². The molecule has 2 heterocycles. The zero-order valence-electron chi connectivity index (χ0n) is 12.5. The van der Waals surface area contributed by atoms with E-state index in [2.05, 4.69) is 4.98 Å². The normalized spacial score (nSPS) is 10.3. The van der Waals surface area contributed by atoms with Crippen LogP contribution in [0.5, 0.6) is 0 Å². The van der Waals surface area contributed by atoms with Gasteiger partial charge in [0.05, 0.1) is 17.7 Å². The Labute approximate surface area is 137 Å². The molecule has 0 aliphatic rings. The molecule has 0 aliphatic heterocycles. The highest BCUT2D eigenvalue weighted by molar-refractivity contribution is 6.08. The Morgan fingerprint density at radius 1 is 1.12 bits per heavy atom. The summed E-state index contributed by atoms with van der Waals surface area (Å²) in [6, 6.07) is 14.4. The van der Waals surface area contributed by atoms with Crippen molar-refractivity contribution in [1.29, 1.82) is 0 Å². The molecule has 2 aromatic heterocycles. The summed E-state index contributed by atoms with van der Waals surface area (Å²) in [6.07, 6.45) is 3.05. The van der Waals surface area contributed by atoms with E-state index in [1.54, 1.807) is 42.6 Å². The van der Waals surface area contributed by atoms with Crippen molar-refractivity contribution in [3.8, 4) is 0 Å². The fourth-order valence-corrected chi connectivity index (χ4v) is 2.29. The van der Waals surface area contributed by atoms with Gasteiger partial charge in [-0.15, -0.1) is 0 Å². The quantitative estimate of drug-likeness (QED) is 0.530. The molecule has 0 radical (unpaired) electrons. The number of benzene rings is 1. The summed E-state index contributed by atoms with van der Waals surface area (Å²) in [5, 5.41) is 11.2. The lowest BCUT2D eigenvalue weighted by molar-refractivity contribution is -0.385. The van der Waals surface area contributed by atoms with Gasteiger partial charge in [-0.2, -0.15) is 0 Å². The molecular weight excluding hydrogens is 310 g/mol. The second-order valence-electron chi connectivity index (χ2n) is 4.93. The molecule has 120 valence electrons. The van der Waals surface area contributed by atoms with E-state index in [-0.39, 0.29) is 17.8 Å². The number of pyridine rings is 1. The van der Waals surface area contributed by atoms with Gasteiger partial charge in [0, 0.05) is 12.3 Å². The van der Waals surface area contributed by atoms with Gasteiger partial charge in [-0.05, 0) is 30.3 Å². The third kappa shape index (κ3) is 3.14. The summed E-state index contributed by atoms with van der Waals surface area (Å²) in [7, 11) is 0. The number of carbonyl (C=O) groups is 1. The van der Waals surface area contributed by atoms with Crippen molar-refractivity contribution in [2.24, 2.45) is 0 Å². The van der Waals surface area contributed by atoms with Gasteiger partial charge in [0.2, 0.25) is 0 Å². The van der Waals surface area contributed by atoms with Crippen molar-refractivity contribution in [3.05, 3.63) is 88.5 Å². The molecule has 3 rings (SSSR count). The minimum absolute atomic E-state index is 0.000269. The molecule has 0 saturated heterocycles. The van der Waals surface area contributed by atoms with Crippen molar-refractivity contribution in [2.45, 2.75) is 6.54 Å². The Kier molecular flexibility index (Phi) is 4.33. The summed E-state index contributed by atoms with van der Waals surface area (Å²) >= 11 is 0. The van der Waals surface area contributed by atoms with Crippen LogP contribution >= 0.6 is 0 Å². The lowest BCUT2D eigenvalue weighted by Crippen LogP contribution is -2.31. The van der Waals surface area contributed by atoms with Crippen LogP contribution in [0.25, 0.3) is 0 Å². The van der Waals surface area contributed by atoms with Crippen molar-refractivity contribution < 1.29 is 14.1 Å². The predicted octanol–water partition coefficient (Wildman–Crippen LogP) is 3.43. The molecular formula is C17H13N3O4. The number of rotatable bonds is 5. The van der Waals surface area contributed by atoms with E-state index in [9.17, 15) is 14.9 Å². The van der Waals surface area contributed by atoms with Crippen molar-refractivity contribution in [3.63, 3.8) is 0 Å². The largest absolute Gasteiger partial charge is 0.467 e. The number of nitro benzene ring substituents is 1. The zero-order valence-corrected chi connectivity index (χ0v) is 12.5. The lowest BCUT2D eigenvalue weighted by atomic mass is 10.1. The minimum atomic E-state index is -0.573. The summed E-state index contributed by atoms with van der Waals surface area (Å²) < 4.78 is 5.29. The first-order valence-electron chi connectivity index (χ1n) is 7.15. The number of nitrogens with zero attached hydrogens (tertiary/aromatic N) is 3. The highest BCUT2D eigenvalue weighted by Crippen LogP contribution is 2.23. The maximum absolute atomic E-state index is 12.9. The van der Waals surface area contributed by atoms with Crippen LogP contribution in [-0.4, -0.2) is 15.8 Å². The smallest absolute Gasteiger partial charge is 0.282 e. The van der Waals surface area contributed by atoms with Crippen molar-refractivity contribution in [2.75, 3.05) is 4.90 Å². The monoisotopic (exact) mass is 323 g/mol. The fraction of sp³-hybridized carbons (Fsp3) is 0.0588. The second kappa shape index (κ2) is 6.74. The molecule has 7 nitrogen and oxygen atoms in total. The Bertz CT molecular complexity index is 847. The Balaban J connectivity index is 2.02. The Hall–Kier alpha value is -3.48. The molecule has 0 unspecified atom stereocenters. The predicted molar refractivity (Wildman–Crippen MR) is 86.6 cm³/mol. The SMILES string of the molecule is O=C(c1ccccc1[N+](=O)[O-])N(Cc1ccco1)c1ccccn1. The number of hydrogen-bond donors (Lipinski definition) is 0. The van der Waals surface area contributed by atoms with E-state index < -0.39 is 10.8 Å². The van der Waals surface area contributed by atoms with Gasteiger partial charge in [0.15, 0.2) is 0 Å². The van der Waals surface area contributed by atoms with Gasteiger partial charge in [0.1, 0.15) is 17.1 Å². The molecule has 0 atom stereocenters. The average Bonchev–Trinajstić information content (AvgIpc) is 3.13. The van der Waals surface area contributed by atoms with Crippen LogP contribution in [0.4, 0.5) is 11.5 Å². The van der Waals surface area contributed by atoms with Gasteiger partial charge in [0.25, 0.3) is 11.6 Å². The molecule has 1 aromatic carbocycles. The first-order chi connectivity index (χ1) is 11.7. The van der Waals surface area contributed by atoms with E-state index >= 15 is 0 Å². The number of hydrogen-bond acceptors (Lipinski definition) is 5. The number of furan rings is 1. The topological polar surface area (TPSA) is 89.5 Å². The number of para-hydroxylation sites is 1. The molecule has 3 aromatic rings. The van der Waals surface area contributed by atoms with E-state index in [4.69, 9.17) is 4.42 Å². The maximum atomic E-state index is 12.9. The zero-order chi connectivity index (χ0) is 16.9. The first-order valence-corrected chi connectivity index (χ1v) is 7.15.